The van der Waals surface area contributed by atoms with E-state index < -0.39 is 10.2 Å². The predicted molar refractivity (Wildman–Crippen MR) is 93.9 cm³/mol. The van der Waals surface area contributed by atoms with Crippen molar-refractivity contribution in [1.82, 2.24) is 4.31 Å². The largest absolute Gasteiger partial charge is 0.367 e. The SMILES string of the molecule is CN(C)S(=O)(=O)Nc1ccc(N2CCc3ccccc3C2)cc1. The van der Waals surface area contributed by atoms with Crippen LogP contribution in [0.3, 0.4) is 0 Å². The molecule has 2 aromatic rings. The van der Waals surface area contributed by atoms with Gasteiger partial charge in [-0.15, -0.1) is 0 Å². The molecule has 0 saturated carbocycles. The molecule has 1 heterocycles. The van der Waals surface area contributed by atoms with E-state index in [0.29, 0.717) is 5.69 Å². The van der Waals surface area contributed by atoms with Crippen LogP contribution >= 0.6 is 0 Å². The zero-order valence-corrected chi connectivity index (χ0v) is 14.2. The lowest BCUT2D eigenvalue weighted by atomic mass is 9.99. The molecule has 0 unspecified atom stereocenters. The minimum absolute atomic E-state index is 0.569. The van der Waals surface area contributed by atoms with Crippen molar-refractivity contribution in [3.8, 4) is 0 Å². The van der Waals surface area contributed by atoms with E-state index in [2.05, 4.69) is 33.9 Å². The van der Waals surface area contributed by atoms with Crippen LogP contribution in [0.2, 0.25) is 0 Å². The van der Waals surface area contributed by atoms with E-state index in [1.807, 2.05) is 12.1 Å². The van der Waals surface area contributed by atoms with Crippen molar-refractivity contribution >= 4 is 21.6 Å². The predicted octanol–water partition coefficient (Wildman–Crippen LogP) is 2.47. The van der Waals surface area contributed by atoms with Crippen LogP contribution in [0.4, 0.5) is 11.4 Å². The van der Waals surface area contributed by atoms with Crippen LogP contribution < -0.4 is 9.62 Å². The standard InChI is InChI=1S/C17H21N3O2S/c1-19(2)23(21,22)18-16-7-9-17(10-8-16)20-12-11-14-5-3-4-6-15(14)13-20/h3-10,18H,11-13H2,1-2H3. The average Bonchev–Trinajstić information content (AvgIpc) is 2.54. The van der Waals surface area contributed by atoms with Gasteiger partial charge in [-0.2, -0.15) is 12.7 Å². The Kier molecular flexibility index (Phi) is 4.28. The van der Waals surface area contributed by atoms with Gasteiger partial charge in [0.25, 0.3) is 0 Å². The molecule has 0 saturated heterocycles. The molecule has 2 aromatic carbocycles. The summed E-state index contributed by atoms with van der Waals surface area (Å²) < 4.78 is 27.4. The van der Waals surface area contributed by atoms with Gasteiger partial charge in [0.1, 0.15) is 0 Å². The Bertz CT molecular complexity index is 786. The van der Waals surface area contributed by atoms with Gasteiger partial charge in [0.2, 0.25) is 0 Å². The van der Waals surface area contributed by atoms with Crippen LogP contribution in [-0.4, -0.2) is 33.4 Å². The van der Waals surface area contributed by atoms with Crippen molar-refractivity contribution in [3.05, 3.63) is 59.7 Å². The van der Waals surface area contributed by atoms with Gasteiger partial charge in [-0.05, 0) is 41.8 Å². The van der Waals surface area contributed by atoms with Gasteiger partial charge in [-0.25, -0.2) is 0 Å². The highest BCUT2D eigenvalue weighted by atomic mass is 32.2. The van der Waals surface area contributed by atoms with Gasteiger partial charge in [-0.3, -0.25) is 4.72 Å². The molecule has 0 bridgehead atoms. The molecule has 23 heavy (non-hydrogen) atoms. The summed E-state index contributed by atoms with van der Waals surface area (Å²) in [4.78, 5) is 2.31. The normalized spacial score (nSPS) is 14.7. The summed E-state index contributed by atoms with van der Waals surface area (Å²) >= 11 is 0. The minimum Gasteiger partial charge on any atom is -0.367 e. The van der Waals surface area contributed by atoms with E-state index in [1.165, 1.54) is 25.2 Å². The molecule has 0 atom stereocenters. The second-order valence-corrected chi connectivity index (χ2v) is 7.76. The third-order valence-corrected chi connectivity index (χ3v) is 5.55. The Labute approximate surface area is 137 Å². The quantitative estimate of drug-likeness (QED) is 0.936. The summed E-state index contributed by atoms with van der Waals surface area (Å²) in [6, 6.07) is 16.0. The summed E-state index contributed by atoms with van der Waals surface area (Å²) in [6.45, 7) is 1.86. The molecular weight excluding hydrogens is 310 g/mol. The Morgan fingerprint density at radius 2 is 1.65 bits per heavy atom. The molecule has 1 N–H and O–H groups in total. The number of anilines is 2. The lowest BCUT2D eigenvalue weighted by Crippen LogP contribution is -2.30. The number of hydrogen-bond acceptors (Lipinski definition) is 3. The number of benzene rings is 2. The van der Waals surface area contributed by atoms with E-state index >= 15 is 0 Å². The number of rotatable bonds is 4. The minimum atomic E-state index is -3.46. The fourth-order valence-corrected chi connectivity index (χ4v) is 3.31. The third kappa shape index (κ3) is 3.48. The van der Waals surface area contributed by atoms with Gasteiger partial charge in [0.05, 0.1) is 0 Å². The van der Waals surface area contributed by atoms with Crippen molar-refractivity contribution in [2.75, 3.05) is 30.3 Å². The maximum absolute atomic E-state index is 11.8. The average molecular weight is 331 g/mol. The number of fused-ring (bicyclic) bond motifs is 1. The van der Waals surface area contributed by atoms with Crippen LogP contribution in [0.15, 0.2) is 48.5 Å². The summed E-state index contributed by atoms with van der Waals surface area (Å²) in [5, 5.41) is 0. The fourth-order valence-electron chi connectivity index (χ4n) is 2.70. The van der Waals surface area contributed by atoms with Crippen molar-refractivity contribution in [2.24, 2.45) is 0 Å². The molecule has 1 aliphatic rings. The maximum Gasteiger partial charge on any atom is 0.301 e. The van der Waals surface area contributed by atoms with Gasteiger partial charge >= 0.3 is 10.2 Å². The topological polar surface area (TPSA) is 52.7 Å². The molecule has 0 amide bonds. The van der Waals surface area contributed by atoms with Crippen molar-refractivity contribution in [1.29, 1.82) is 0 Å². The summed E-state index contributed by atoms with van der Waals surface area (Å²) in [5.74, 6) is 0. The van der Waals surface area contributed by atoms with E-state index in [9.17, 15) is 8.42 Å². The monoisotopic (exact) mass is 331 g/mol. The molecule has 5 nitrogen and oxygen atoms in total. The van der Waals surface area contributed by atoms with Crippen molar-refractivity contribution in [3.63, 3.8) is 0 Å². The van der Waals surface area contributed by atoms with Gasteiger partial charge in [0, 0.05) is 38.6 Å². The van der Waals surface area contributed by atoms with Gasteiger partial charge in [0.15, 0.2) is 0 Å². The Balaban J connectivity index is 1.74. The molecule has 0 aliphatic carbocycles. The molecule has 0 radical (unpaired) electrons. The molecule has 0 spiro atoms. The van der Waals surface area contributed by atoms with E-state index in [-0.39, 0.29) is 0 Å². The second kappa shape index (κ2) is 6.22. The van der Waals surface area contributed by atoms with E-state index in [4.69, 9.17) is 0 Å². The highest BCUT2D eigenvalue weighted by Crippen LogP contribution is 2.25. The zero-order valence-electron chi connectivity index (χ0n) is 13.4. The van der Waals surface area contributed by atoms with Crippen molar-refractivity contribution < 1.29 is 8.42 Å². The highest BCUT2D eigenvalue weighted by Gasteiger charge is 2.17. The van der Waals surface area contributed by atoms with Crippen LogP contribution in [0, 0.1) is 0 Å². The second-order valence-electron chi connectivity index (χ2n) is 5.88. The Morgan fingerprint density at radius 3 is 2.30 bits per heavy atom. The Morgan fingerprint density at radius 1 is 1.00 bits per heavy atom. The van der Waals surface area contributed by atoms with E-state index in [0.717, 1.165) is 29.5 Å². The first-order valence-corrected chi connectivity index (χ1v) is 9.02. The van der Waals surface area contributed by atoms with Crippen molar-refractivity contribution in [2.45, 2.75) is 13.0 Å². The smallest absolute Gasteiger partial charge is 0.301 e. The summed E-state index contributed by atoms with van der Waals surface area (Å²) in [7, 11) is -0.455. The molecule has 3 rings (SSSR count). The van der Waals surface area contributed by atoms with Crippen LogP contribution in [0.1, 0.15) is 11.1 Å². The van der Waals surface area contributed by atoms with Gasteiger partial charge in [-0.1, -0.05) is 24.3 Å². The van der Waals surface area contributed by atoms with Gasteiger partial charge < -0.3 is 4.90 Å². The van der Waals surface area contributed by atoms with Crippen LogP contribution in [0.5, 0.6) is 0 Å². The molecular formula is C17H21N3O2S. The van der Waals surface area contributed by atoms with Crippen LogP contribution in [0.25, 0.3) is 0 Å². The molecule has 6 heteroatoms. The number of nitrogens with zero attached hydrogens (tertiary/aromatic N) is 2. The summed E-state index contributed by atoms with van der Waals surface area (Å²) in [6.07, 6.45) is 1.03. The molecule has 0 aromatic heterocycles. The first kappa shape index (κ1) is 15.8. The lowest BCUT2D eigenvalue weighted by Gasteiger charge is -2.30. The number of nitrogens with one attached hydrogen (secondary N) is 1. The van der Waals surface area contributed by atoms with Crippen LogP contribution in [-0.2, 0) is 23.2 Å². The first-order valence-electron chi connectivity index (χ1n) is 7.58. The summed E-state index contributed by atoms with van der Waals surface area (Å²) in [5.41, 5.74) is 4.45. The number of hydrogen-bond donors (Lipinski definition) is 1. The maximum atomic E-state index is 11.8. The third-order valence-electron chi connectivity index (χ3n) is 4.09. The fraction of sp³-hybridized carbons (Fsp3) is 0.294. The highest BCUT2D eigenvalue weighted by molar-refractivity contribution is 7.90. The molecule has 0 fully saturated rings. The first-order chi connectivity index (χ1) is 11.0. The Hall–Kier alpha value is -2.05. The lowest BCUT2D eigenvalue weighted by molar-refractivity contribution is 0.527. The van der Waals surface area contributed by atoms with E-state index in [1.54, 1.807) is 12.1 Å². The molecule has 122 valence electrons. The zero-order chi connectivity index (χ0) is 16.4. The molecule has 1 aliphatic heterocycles.